The molecule has 2 N–H and O–H groups in total. The van der Waals surface area contributed by atoms with Crippen molar-refractivity contribution in [3.05, 3.63) is 0 Å². The maximum Gasteiger partial charge on any atom is 0.0900 e. The SMILES string of the molecule is COC[C@H](O)CN1CCC(N[C@@H]2CCCSC2)CC1. The first-order chi connectivity index (χ1) is 9.28. The maximum atomic E-state index is 9.74. The lowest BCUT2D eigenvalue weighted by Crippen LogP contribution is -2.49. The molecule has 0 spiro atoms. The second-order valence-corrected chi connectivity index (χ2v) is 6.91. The van der Waals surface area contributed by atoms with Crippen LogP contribution in [-0.4, -0.2) is 73.1 Å². The van der Waals surface area contributed by atoms with Gasteiger partial charge in [-0.05, 0) is 44.5 Å². The lowest BCUT2D eigenvalue weighted by atomic mass is 10.0. The molecule has 2 heterocycles. The van der Waals surface area contributed by atoms with Crippen LogP contribution in [0.25, 0.3) is 0 Å². The number of aliphatic hydroxyl groups is 1. The Labute approximate surface area is 121 Å². The molecule has 0 aromatic heterocycles. The number of methoxy groups -OCH3 is 1. The minimum absolute atomic E-state index is 0.343. The van der Waals surface area contributed by atoms with Gasteiger partial charge in [0.1, 0.15) is 0 Å². The molecule has 2 rings (SSSR count). The van der Waals surface area contributed by atoms with Crippen LogP contribution in [-0.2, 0) is 4.74 Å². The van der Waals surface area contributed by atoms with Crippen molar-refractivity contribution in [2.45, 2.75) is 43.9 Å². The standard InChI is InChI=1S/C14H28N2O2S/c1-18-10-14(17)9-16-6-4-12(5-7-16)15-13-3-2-8-19-11-13/h12-15,17H,2-11H2,1H3/t13-,14-/m1/s1. The van der Waals surface area contributed by atoms with E-state index in [4.69, 9.17) is 4.74 Å². The summed E-state index contributed by atoms with van der Waals surface area (Å²) in [6, 6.07) is 1.41. The molecule has 0 saturated carbocycles. The monoisotopic (exact) mass is 288 g/mol. The van der Waals surface area contributed by atoms with Crippen LogP contribution in [0.4, 0.5) is 0 Å². The minimum atomic E-state index is -0.343. The summed E-state index contributed by atoms with van der Waals surface area (Å²) in [5.41, 5.74) is 0. The summed E-state index contributed by atoms with van der Waals surface area (Å²) in [4.78, 5) is 2.36. The van der Waals surface area contributed by atoms with Crippen molar-refractivity contribution in [3.63, 3.8) is 0 Å². The van der Waals surface area contributed by atoms with Gasteiger partial charge in [-0.25, -0.2) is 0 Å². The number of aliphatic hydroxyl groups excluding tert-OH is 1. The molecule has 2 saturated heterocycles. The highest BCUT2D eigenvalue weighted by Crippen LogP contribution is 2.19. The van der Waals surface area contributed by atoms with Crippen molar-refractivity contribution in [3.8, 4) is 0 Å². The Balaban J connectivity index is 1.61. The molecule has 5 heteroatoms. The van der Waals surface area contributed by atoms with E-state index < -0.39 is 0 Å². The highest BCUT2D eigenvalue weighted by atomic mass is 32.2. The number of nitrogens with one attached hydrogen (secondary N) is 1. The number of piperidine rings is 1. The predicted octanol–water partition coefficient (Wildman–Crippen LogP) is 0.943. The first kappa shape index (κ1) is 15.6. The second-order valence-electron chi connectivity index (χ2n) is 5.76. The average molecular weight is 288 g/mol. The molecule has 0 amide bonds. The first-order valence-electron chi connectivity index (χ1n) is 7.51. The van der Waals surface area contributed by atoms with Crippen LogP contribution >= 0.6 is 11.8 Å². The van der Waals surface area contributed by atoms with E-state index in [-0.39, 0.29) is 6.10 Å². The van der Waals surface area contributed by atoms with Crippen molar-refractivity contribution in [2.24, 2.45) is 0 Å². The van der Waals surface area contributed by atoms with Crippen LogP contribution in [0.1, 0.15) is 25.7 Å². The van der Waals surface area contributed by atoms with E-state index >= 15 is 0 Å². The van der Waals surface area contributed by atoms with E-state index in [2.05, 4.69) is 22.0 Å². The van der Waals surface area contributed by atoms with E-state index in [0.717, 1.165) is 25.7 Å². The van der Waals surface area contributed by atoms with Gasteiger partial charge in [0.05, 0.1) is 12.7 Å². The lowest BCUT2D eigenvalue weighted by Gasteiger charge is -2.36. The van der Waals surface area contributed by atoms with Crippen LogP contribution in [0, 0.1) is 0 Å². The molecule has 112 valence electrons. The van der Waals surface area contributed by atoms with Gasteiger partial charge in [0.25, 0.3) is 0 Å². The van der Waals surface area contributed by atoms with Gasteiger partial charge in [0.15, 0.2) is 0 Å². The quantitative estimate of drug-likeness (QED) is 0.762. The molecule has 0 bridgehead atoms. The highest BCUT2D eigenvalue weighted by molar-refractivity contribution is 7.99. The van der Waals surface area contributed by atoms with Crippen LogP contribution < -0.4 is 5.32 Å². The summed E-state index contributed by atoms with van der Waals surface area (Å²) in [5.74, 6) is 2.63. The van der Waals surface area contributed by atoms with Crippen molar-refractivity contribution in [1.29, 1.82) is 0 Å². The summed E-state index contributed by atoms with van der Waals surface area (Å²) < 4.78 is 4.98. The summed E-state index contributed by atoms with van der Waals surface area (Å²) in [7, 11) is 1.64. The zero-order chi connectivity index (χ0) is 13.5. The van der Waals surface area contributed by atoms with Gasteiger partial charge in [0.2, 0.25) is 0 Å². The Kier molecular flexibility index (Phi) is 6.94. The number of thioether (sulfide) groups is 1. The third-order valence-electron chi connectivity index (χ3n) is 4.05. The molecule has 19 heavy (non-hydrogen) atoms. The van der Waals surface area contributed by atoms with Crippen molar-refractivity contribution in [2.75, 3.05) is 44.9 Å². The second kappa shape index (κ2) is 8.47. The number of nitrogens with zero attached hydrogens (tertiary/aromatic N) is 1. The fraction of sp³-hybridized carbons (Fsp3) is 1.00. The van der Waals surface area contributed by atoms with Gasteiger partial charge in [-0.15, -0.1) is 0 Å². The maximum absolute atomic E-state index is 9.74. The fourth-order valence-electron chi connectivity index (χ4n) is 3.03. The Morgan fingerprint density at radius 2 is 2.11 bits per heavy atom. The summed E-state index contributed by atoms with van der Waals surface area (Å²) in [6.07, 6.45) is 4.79. The van der Waals surface area contributed by atoms with Gasteiger partial charge in [-0.3, -0.25) is 0 Å². The van der Waals surface area contributed by atoms with Crippen LogP contribution in [0.3, 0.4) is 0 Å². The van der Waals surface area contributed by atoms with E-state index in [1.54, 1.807) is 7.11 Å². The molecule has 0 unspecified atom stereocenters. The third-order valence-corrected chi connectivity index (χ3v) is 5.26. The molecule has 0 aromatic carbocycles. The number of likely N-dealkylation sites (tertiary alicyclic amines) is 1. The van der Waals surface area contributed by atoms with Crippen molar-refractivity contribution >= 4 is 11.8 Å². The molecule has 0 aromatic rings. The average Bonchev–Trinajstić information content (AvgIpc) is 2.42. The van der Waals surface area contributed by atoms with Gasteiger partial charge in [-0.2, -0.15) is 11.8 Å². The van der Waals surface area contributed by atoms with E-state index in [1.807, 2.05) is 0 Å². The Hall–Kier alpha value is 0.190. The normalized spacial score (nSPS) is 28.4. The zero-order valence-electron chi connectivity index (χ0n) is 12.0. The number of rotatable bonds is 6. The molecule has 2 atom stereocenters. The molecule has 4 nitrogen and oxygen atoms in total. The van der Waals surface area contributed by atoms with E-state index in [9.17, 15) is 5.11 Å². The van der Waals surface area contributed by atoms with Crippen LogP contribution in [0.2, 0.25) is 0 Å². The minimum Gasteiger partial charge on any atom is -0.389 e. The third kappa shape index (κ3) is 5.60. The highest BCUT2D eigenvalue weighted by Gasteiger charge is 2.23. The smallest absolute Gasteiger partial charge is 0.0900 e. The summed E-state index contributed by atoms with van der Waals surface area (Å²) >= 11 is 2.09. The zero-order valence-corrected chi connectivity index (χ0v) is 12.8. The molecular formula is C14H28N2O2S. The number of ether oxygens (including phenoxy) is 1. The van der Waals surface area contributed by atoms with Crippen LogP contribution in [0.15, 0.2) is 0 Å². The predicted molar refractivity (Wildman–Crippen MR) is 80.8 cm³/mol. The number of β-amino-alcohol motifs (C(OH)–C–C–N with tert-alkyl or cyclic N) is 1. The Morgan fingerprint density at radius 3 is 2.74 bits per heavy atom. The molecule has 0 aliphatic carbocycles. The van der Waals surface area contributed by atoms with Gasteiger partial charge in [0, 0.05) is 31.5 Å². The lowest BCUT2D eigenvalue weighted by molar-refractivity contribution is 0.0307. The molecule has 2 fully saturated rings. The molecule has 2 aliphatic rings. The number of hydrogen-bond donors (Lipinski definition) is 2. The fourth-order valence-corrected chi connectivity index (χ4v) is 4.12. The topological polar surface area (TPSA) is 44.7 Å². The van der Waals surface area contributed by atoms with Gasteiger partial charge in [-0.1, -0.05) is 0 Å². The van der Waals surface area contributed by atoms with E-state index in [0.29, 0.717) is 12.6 Å². The Morgan fingerprint density at radius 1 is 1.32 bits per heavy atom. The van der Waals surface area contributed by atoms with Gasteiger partial charge < -0.3 is 20.1 Å². The summed E-state index contributed by atoms with van der Waals surface area (Å²) in [5, 5.41) is 13.6. The van der Waals surface area contributed by atoms with Gasteiger partial charge >= 0.3 is 0 Å². The van der Waals surface area contributed by atoms with Crippen LogP contribution in [0.5, 0.6) is 0 Å². The Bertz CT molecular complexity index is 242. The molecule has 2 aliphatic heterocycles. The summed E-state index contributed by atoms with van der Waals surface area (Å²) in [6.45, 7) is 3.38. The van der Waals surface area contributed by atoms with Crippen molar-refractivity contribution < 1.29 is 9.84 Å². The molecular weight excluding hydrogens is 260 g/mol. The molecule has 0 radical (unpaired) electrons. The van der Waals surface area contributed by atoms with Crippen molar-refractivity contribution in [1.82, 2.24) is 10.2 Å². The number of hydrogen-bond acceptors (Lipinski definition) is 5. The first-order valence-corrected chi connectivity index (χ1v) is 8.66. The van der Waals surface area contributed by atoms with E-state index in [1.165, 1.54) is 37.2 Å². The largest absolute Gasteiger partial charge is 0.389 e.